The molecular weight excluding hydrogens is 744 g/mol. The quantitative estimate of drug-likeness (QED) is 0.0403. The molecule has 2 N–H and O–H groups in total. The molecule has 0 heterocycles. The van der Waals surface area contributed by atoms with Gasteiger partial charge in [-0.1, -0.05) is 182 Å². The maximum atomic E-state index is 12.7. The van der Waals surface area contributed by atoms with Crippen LogP contribution in [0.1, 0.15) is 33.4 Å². The van der Waals surface area contributed by atoms with Gasteiger partial charge in [0, 0.05) is 0 Å². The van der Waals surface area contributed by atoms with E-state index in [1.165, 1.54) is 33.4 Å². The van der Waals surface area contributed by atoms with Gasteiger partial charge in [-0.15, -0.1) is 18.5 Å². The standard InChI is InChI=1S/2C19H17P.C6H2BF5O3/c2*20-19(16-10-4-1-5-11-16,17-12-6-2-7-13-17)18-14-8-3-9-15-18;8-1-2(9)4(11)6(15-7(13)14)5(12)3(1)10/h2*1-15H,20H2;13-14H. The van der Waals surface area contributed by atoms with E-state index in [-0.39, 0.29) is 10.3 Å². The number of halogens is 5. The number of benzene rings is 7. The second-order valence-electron chi connectivity index (χ2n) is 12.2. The lowest BCUT2D eigenvalue weighted by molar-refractivity contribution is 0.263. The fraction of sp³-hybridized carbons (Fsp3) is 0.0455. The van der Waals surface area contributed by atoms with Crippen molar-refractivity contribution < 1.29 is 36.7 Å². The fourth-order valence-electron chi connectivity index (χ4n) is 6.00. The van der Waals surface area contributed by atoms with Gasteiger partial charge in [-0.05, 0) is 33.4 Å². The summed E-state index contributed by atoms with van der Waals surface area (Å²) in [5.74, 6) is -13.1. The van der Waals surface area contributed by atoms with E-state index < -0.39 is 42.2 Å². The predicted octanol–water partition coefficient (Wildman–Crippen LogP) is 10.4. The molecule has 55 heavy (non-hydrogen) atoms. The molecule has 7 aromatic carbocycles. The highest BCUT2D eigenvalue weighted by atomic mass is 31.0. The van der Waals surface area contributed by atoms with Crippen molar-refractivity contribution in [3.8, 4) is 5.75 Å². The van der Waals surface area contributed by atoms with Gasteiger partial charge < -0.3 is 14.7 Å². The zero-order valence-corrected chi connectivity index (χ0v) is 31.6. The summed E-state index contributed by atoms with van der Waals surface area (Å²) in [5, 5.41) is 15.9. The van der Waals surface area contributed by atoms with Crippen LogP contribution in [0.15, 0.2) is 182 Å². The summed E-state index contributed by atoms with van der Waals surface area (Å²) in [6, 6.07) is 63.8. The number of hydrogen-bond acceptors (Lipinski definition) is 3. The summed E-state index contributed by atoms with van der Waals surface area (Å²) in [5.41, 5.74) is 7.68. The van der Waals surface area contributed by atoms with Crippen molar-refractivity contribution >= 4 is 25.8 Å². The maximum Gasteiger partial charge on any atom is 0.707 e. The monoisotopic (exact) mass is 780 g/mol. The van der Waals surface area contributed by atoms with Gasteiger partial charge in [-0.25, -0.2) is 13.2 Å². The second-order valence-corrected chi connectivity index (χ2v) is 13.9. The Balaban J connectivity index is 0.000000160. The minimum Gasteiger partial charge on any atom is -0.507 e. The molecule has 0 aromatic heterocycles. The molecule has 0 bridgehead atoms. The third kappa shape index (κ3) is 9.39. The van der Waals surface area contributed by atoms with Crippen molar-refractivity contribution in [2.45, 2.75) is 10.3 Å². The molecule has 0 amide bonds. The van der Waals surface area contributed by atoms with Crippen LogP contribution in [-0.4, -0.2) is 17.4 Å². The maximum absolute atomic E-state index is 12.7. The Morgan fingerprint density at radius 2 is 0.527 bits per heavy atom. The first-order chi connectivity index (χ1) is 26.5. The van der Waals surface area contributed by atoms with E-state index in [9.17, 15) is 22.0 Å². The average molecular weight is 781 g/mol. The molecule has 0 aliphatic heterocycles. The Labute approximate surface area is 322 Å². The highest BCUT2D eigenvalue weighted by Gasteiger charge is 2.32. The third-order valence-electron chi connectivity index (χ3n) is 8.77. The van der Waals surface area contributed by atoms with Gasteiger partial charge in [0.15, 0.2) is 5.75 Å². The minimum atomic E-state index is -2.70. The Morgan fingerprint density at radius 1 is 0.345 bits per heavy atom. The number of hydrogen-bond donors (Lipinski definition) is 2. The molecule has 7 aromatic rings. The average Bonchev–Trinajstić information content (AvgIpc) is 3.25. The highest BCUT2D eigenvalue weighted by molar-refractivity contribution is 7.19. The zero-order valence-electron chi connectivity index (χ0n) is 29.2. The van der Waals surface area contributed by atoms with Crippen molar-refractivity contribution in [1.29, 1.82) is 0 Å². The molecule has 11 heteroatoms. The summed E-state index contributed by atoms with van der Waals surface area (Å²) >= 11 is 0. The Hall–Kier alpha value is -5.17. The lowest BCUT2D eigenvalue weighted by Gasteiger charge is -2.31. The molecule has 3 nitrogen and oxygen atoms in total. The normalized spacial score (nSPS) is 11.0. The molecule has 2 unspecified atom stereocenters. The Kier molecular flexibility index (Phi) is 14.1. The summed E-state index contributed by atoms with van der Waals surface area (Å²) in [4.78, 5) is 0. The van der Waals surface area contributed by atoms with Gasteiger partial charge in [-0.3, -0.25) is 0 Å². The van der Waals surface area contributed by atoms with E-state index >= 15 is 0 Å². The van der Waals surface area contributed by atoms with E-state index in [2.05, 4.69) is 205 Å². The van der Waals surface area contributed by atoms with Gasteiger partial charge in [0.05, 0.1) is 10.3 Å². The third-order valence-corrected chi connectivity index (χ3v) is 10.8. The van der Waals surface area contributed by atoms with E-state index in [1.54, 1.807) is 0 Å². The van der Waals surface area contributed by atoms with Crippen LogP contribution in [0.2, 0.25) is 0 Å². The van der Waals surface area contributed by atoms with Crippen LogP contribution in [0.5, 0.6) is 5.75 Å². The van der Waals surface area contributed by atoms with Crippen LogP contribution in [0.4, 0.5) is 22.0 Å². The Bertz CT molecular complexity index is 1890. The van der Waals surface area contributed by atoms with Crippen LogP contribution in [0.25, 0.3) is 0 Å². The molecule has 278 valence electrons. The van der Waals surface area contributed by atoms with Crippen LogP contribution in [0, 0.1) is 29.1 Å². The first-order valence-electron chi connectivity index (χ1n) is 16.9. The first kappa shape index (κ1) is 41.0. The Morgan fingerprint density at radius 3 is 0.709 bits per heavy atom. The summed E-state index contributed by atoms with van der Waals surface area (Å²) in [6.45, 7) is 0. The summed E-state index contributed by atoms with van der Waals surface area (Å²) in [6.07, 6.45) is 0. The molecule has 0 aliphatic rings. The van der Waals surface area contributed by atoms with Gasteiger partial charge in [0.1, 0.15) is 0 Å². The predicted molar refractivity (Wildman–Crippen MR) is 215 cm³/mol. The van der Waals surface area contributed by atoms with Crippen LogP contribution >= 0.6 is 18.5 Å². The molecule has 0 aliphatic carbocycles. The molecule has 0 fully saturated rings. The van der Waals surface area contributed by atoms with Gasteiger partial charge in [-0.2, -0.15) is 8.78 Å². The zero-order chi connectivity index (χ0) is 39.4. The van der Waals surface area contributed by atoms with E-state index in [0.717, 1.165) is 0 Å². The molecule has 0 radical (unpaired) electrons. The van der Waals surface area contributed by atoms with E-state index in [1.807, 2.05) is 0 Å². The van der Waals surface area contributed by atoms with E-state index in [0.29, 0.717) is 0 Å². The van der Waals surface area contributed by atoms with Crippen molar-refractivity contribution in [3.63, 3.8) is 0 Å². The molecule has 2 atom stereocenters. The van der Waals surface area contributed by atoms with Crippen molar-refractivity contribution in [3.05, 3.63) is 244 Å². The van der Waals surface area contributed by atoms with Crippen LogP contribution < -0.4 is 4.65 Å². The summed E-state index contributed by atoms with van der Waals surface area (Å²) < 4.78 is 66.3. The minimum absolute atomic E-state index is 0.205. The van der Waals surface area contributed by atoms with Gasteiger partial charge >= 0.3 is 7.32 Å². The molecule has 0 saturated carbocycles. The van der Waals surface area contributed by atoms with Crippen LogP contribution in [-0.2, 0) is 10.3 Å². The molecular formula is C44H36BF5O3P2. The van der Waals surface area contributed by atoms with Crippen molar-refractivity contribution in [2.24, 2.45) is 0 Å². The lowest BCUT2D eigenvalue weighted by Crippen LogP contribution is -2.23. The van der Waals surface area contributed by atoms with Gasteiger partial charge in [0.2, 0.25) is 29.1 Å². The summed E-state index contributed by atoms with van der Waals surface area (Å²) in [7, 11) is 3.42. The molecule has 7 rings (SSSR count). The lowest BCUT2D eigenvalue weighted by atomic mass is 9.84. The first-order valence-corrected chi connectivity index (χ1v) is 18.1. The smallest absolute Gasteiger partial charge is 0.507 e. The van der Waals surface area contributed by atoms with E-state index in [4.69, 9.17) is 10.0 Å². The number of rotatable bonds is 8. The van der Waals surface area contributed by atoms with Crippen molar-refractivity contribution in [1.82, 2.24) is 0 Å². The SMILES string of the molecule is OB(O)Oc1c(F)c(F)c(F)c(F)c1F.PC(c1ccccc1)(c1ccccc1)c1ccccc1.PC(c1ccccc1)(c1ccccc1)c1ccccc1. The molecule has 0 spiro atoms. The topological polar surface area (TPSA) is 49.7 Å². The highest BCUT2D eigenvalue weighted by Crippen LogP contribution is 2.46. The van der Waals surface area contributed by atoms with Crippen LogP contribution in [0.3, 0.4) is 0 Å². The molecule has 0 saturated heterocycles. The largest absolute Gasteiger partial charge is 0.707 e. The fourth-order valence-corrected chi connectivity index (χ4v) is 7.15. The van der Waals surface area contributed by atoms with Crippen molar-refractivity contribution in [2.75, 3.05) is 0 Å². The van der Waals surface area contributed by atoms with Gasteiger partial charge in [0.25, 0.3) is 0 Å². The second kappa shape index (κ2) is 18.9.